The Morgan fingerprint density at radius 1 is 1.33 bits per heavy atom. The number of nitrogens with two attached hydrogens (primary N) is 1. The number of hydrogen-bond donors (Lipinski definition) is 2. The molecule has 1 aromatic carbocycles. The van der Waals surface area contributed by atoms with Crippen LogP contribution in [0.5, 0.6) is 11.6 Å². The summed E-state index contributed by atoms with van der Waals surface area (Å²) in [5, 5.41) is 8.05. The van der Waals surface area contributed by atoms with E-state index in [4.69, 9.17) is 27.5 Å². The zero-order valence-corrected chi connectivity index (χ0v) is 10.4. The third-order valence-corrected chi connectivity index (χ3v) is 2.69. The molecule has 0 bridgehead atoms. The predicted octanol–water partition coefficient (Wildman–Crippen LogP) is 2.51. The second kappa shape index (κ2) is 5.01. The minimum atomic E-state index is -0.191. The number of hydrogen-bond acceptors (Lipinski definition) is 4. The Morgan fingerprint density at radius 3 is 2.72 bits per heavy atom. The van der Waals surface area contributed by atoms with Gasteiger partial charge < -0.3 is 10.5 Å². The summed E-state index contributed by atoms with van der Waals surface area (Å²) in [5.74, 6) is 0.579. The minimum Gasteiger partial charge on any atom is -0.437 e. The van der Waals surface area contributed by atoms with Crippen LogP contribution in [0.4, 0.5) is 0 Å². The van der Waals surface area contributed by atoms with E-state index in [1.807, 2.05) is 6.92 Å². The molecule has 0 radical (unpaired) electrons. The number of aryl methyl sites for hydroxylation is 1. The van der Waals surface area contributed by atoms with Crippen molar-refractivity contribution in [2.45, 2.75) is 6.92 Å². The first kappa shape index (κ1) is 12.3. The van der Waals surface area contributed by atoms with Gasteiger partial charge in [-0.1, -0.05) is 11.6 Å². The zero-order chi connectivity index (χ0) is 13.1. The molecule has 1 aromatic heterocycles. The van der Waals surface area contributed by atoms with E-state index in [9.17, 15) is 0 Å². The van der Waals surface area contributed by atoms with Crippen LogP contribution in [0.3, 0.4) is 0 Å². The van der Waals surface area contributed by atoms with Gasteiger partial charge in [0, 0.05) is 17.4 Å². The van der Waals surface area contributed by atoms with E-state index in [2.05, 4.69) is 9.97 Å². The molecule has 6 heteroatoms. The summed E-state index contributed by atoms with van der Waals surface area (Å²) in [6.07, 6.45) is 2.93. The van der Waals surface area contributed by atoms with Gasteiger partial charge in [-0.3, -0.25) is 5.41 Å². The monoisotopic (exact) mass is 262 g/mol. The summed E-state index contributed by atoms with van der Waals surface area (Å²) in [5.41, 5.74) is 6.51. The Hall–Kier alpha value is -2.14. The Morgan fingerprint density at radius 2 is 2.06 bits per heavy atom. The summed E-state index contributed by atoms with van der Waals surface area (Å²) >= 11 is 5.93. The van der Waals surface area contributed by atoms with Gasteiger partial charge in [-0.15, -0.1) is 0 Å². The average molecular weight is 263 g/mol. The van der Waals surface area contributed by atoms with Gasteiger partial charge in [0.05, 0.1) is 0 Å². The van der Waals surface area contributed by atoms with E-state index in [0.29, 0.717) is 10.8 Å². The smallest absolute Gasteiger partial charge is 0.249 e. The fourth-order valence-electron chi connectivity index (χ4n) is 1.38. The SMILES string of the molecule is Cc1cc(Oc2nccnc2C(=N)N)ccc1Cl. The van der Waals surface area contributed by atoms with Gasteiger partial charge in [0.15, 0.2) is 5.69 Å². The molecule has 0 aliphatic carbocycles. The molecule has 18 heavy (non-hydrogen) atoms. The van der Waals surface area contributed by atoms with Crippen molar-refractivity contribution in [2.24, 2.45) is 5.73 Å². The maximum absolute atomic E-state index is 7.39. The summed E-state index contributed by atoms with van der Waals surface area (Å²) in [6.45, 7) is 1.87. The fraction of sp³-hybridized carbons (Fsp3) is 0.0833. The van der Waals surface area contributed by atoms with E-state index in [1.54, 1.807) is 18.2 Å². The number of nitrogen functional groups attached to an aromatic ring is 1. The summed E-state index contributed by atoms with van der Waals surface area (Å²) in [7, 11) is 0. The van der Waals surface area contributed by atoms with Crippen molar-refractivity contribution in [3.05, 3.63) is 46.9 Å². The van der Waals surface area contributed by atoms with Gasteiger partial charge in [0.1, 0.15) is 11.6 Å². The molecule has 2 rings (SSSR count). The molecule has 0 amide bonds. The number of nitrogens with one attached hydrogen (secondary N) is 1. The number of benzene rings is 1. The van der Waals surface area contributed by atoms with Crippen molar-refractivity contribution in [3.63, 3.8) is 0 Å². The van der Waals surface area contributed by atoms with Crippen LogP contribution in [0, 0.1) is 12.3 Å². The highest BCUT2D eigenvalue weighted by molar-refractivity contribution is 6.31. The topological polar surface area (TPSA) is 84.9 Å². The predicted molar refractivity (Wildman–Crippen MR) is 69.3 cm³/mol. The van der Waals surface area contributed by atoms with Crippen LogP contribution in [-0.4, -0.2) is 15.8 Å². The second-order valence-electron chi connectivity index (χ2n) is 3.64. The normalized spacial score (nSPS) is 10.1. The maximum atomic E-state index is 7.39. The van der Waals surface area contributed by atoms with Crippen molar-refractivity contribution >= 4 is 17.4 Å². The fourth-order valence-corrected chi connectivity index (χ4v) is 1.49. The Bertz CT molecular complexity index is 600. The standard InChI is InChI=1S/C12H11ClN4O/c1-7-6-8(2-3-9(7)13)18-12-10(11(14)15)16-4-5-17-12/h2-6H,1H3,(H3,14,15). The van der Waals surface area contributed by atoms with Crippen molar-refractivity contribution in [2.75, 3.05) is 0 Å². The first-order valence-corrected chi connectivity index (χ1v) is 5.55. The highest BCUT2D eigenvalue weighted by atomic mass is 35.5. The van der Waals surface area contributed by atoms with Gasteiger partial charge in [0.2, 0.25) is 5.88 Å². The molecule has 0 fully saturated rings. The van der Waals surface area contributed by atoms with Crippen LogP contribution >= 0.6 is 11.6 Å². The molecule has 3 N–H and O–H groups in total. The highest BCUT2D eigenvalue weighted by Gasteiger charge is 2.10. The number of nitrogens with zero attached hydrogens (tertiary/aromatic N) is 2. The van der Waals surface area contributed by atoms with E-state index in [-0.39, 0.29) is 17.4 Å². The Balaban J connectivity index is 2.34. The minimum absolute atomic E-state index is 0.191. The number of halogens is 1. The lowest BCUT2D eigenvalue weighted by Gasteiger charge is -2.08. The summed E-state index contributed by atoms with van der Waals surface area (Å²) in [6, 6.07) is 5.23. The molecule has 2 aromatic rings. The van der Waals surface area contributed by atoms with Gasteiger partial charge in [0.25, 0.3) is 0 Å². The van der Waals surface area contributed by atoms with E-state index < -0.39 is 0 Å². The number of amidine groups is 1. The molecule has 0 spiro atoms. The maximum Gasteiger partial charge on any atom is 0.249 e. The summed E-state index contributed by atoms with van der Waals surface area (Å²) in [4.78, 5) is 7.96. The molecule has 0 saturated heterocycles. The lowest BCUT2D eigenvalue weighted by molar-refractivity contribution is 0.458. The van der Waals surface area contributed by atoms with Crippen molar-refractivity contribution in [1.29, 1.82) is 5.41 Å². The highest BCUT2D eigenvalue weighted by Crippen LogP contribution is 2.25. The van der Waals surface area contributed by atoms with Crippen molar-refractivity contribution in [1.82, 2.24) is 9.97 Å². The molecule has 0 unspecified atom stereocenters. The molecular formula is C12H11ClN4O. The third-order valence-electron chi connectivity index (χ3n) is 2.26. The Kier molecular flexibility index (Phi) is 3.43. The van der Waals surface area contributed by atoms with E-state index in [1.165, 1.54) is 12.4 Å². The first-order valence-electron chi connectivity index (χ1n) is 5.17. The molecule has 5 nitrogen and oxygen atoms in total. The van der Waals surface area contributed by atoms with Crippen molar-refractivity contribution < 1.29 is 4.74 Å². The number of ether oxygens (including phenoxy) is 1. The van der Waals surface area contributed by atoms with Crippen LogP contribution in [0.1, 0.15) is 11.3 Å². The largest absolute Gasteiger partial charge is 0.437 e. The number of rotatable bonds is 3. The molecule has 0 aliphatic heterocycles. The molecular weight excluding hydrogens is 252 g/mol. The molecule has 0 atom stereocenters. The number of aromatic nitrogens is 2. The van der Waals surface area contributed by atoms with Gasteiger partial charge >= 0.3 is 0 Å². The third kappa shape index (κ3) is 2.57. The second-order valence-corrected chi connectivity index (χ2v) is 4.04. The van der Waals surface area contributed by atoms with Crippen LogP contribution < -0.4 is 10.5 Å². The van der Waals surface area contributed by atoms with Crippen LogP contribution in [0.25, 0.3) is 0 Å². The van der Waals surface area contributed by atoms with Crippen LogP contribution in [-0.2, 0) is 0 Å². The van der Waals surface area contributed by atoms with Crippen LogP contribution in [0.15, 0.2) is 30.6 Å². The lowest BCUT2D eigenvalue weighted by atomic mass is 10.2. The van der Waals surface area contributed by atoms with Crippen LogP contribution in [0.2, 0.25) is 5.02 Å². The quantitative estimate of drug-likeness (QED) is 0.657. The Labute approximate surface area is 109 Å². The van der Waals surface area contributed by atoms with Gasteiger partial charge in [-0.05, 0) is 30.7 Å². The molecule has 1 heterocycles. The van der Waals surface area contributed by atoms with E-state index >= 15 is 0 Å². The first-order chi connectivity index (χ1) is 8.58. The average Bonchev–Trinajstić information content (AvgIpc) is 2.34. The molecule has 0 saturated carbocycles. The molecule has 92 valence electrons. The van der Waals surface area contributed by atoms with Crippen molar-refractivity contribution in [3.8, 4) is 11.6 Å². The lowest BCUT2D eigenvalue weighted by Crippen LogP contribution is -2.15. The molecule has 0 aliphatic rings. The van der Waals surface area contributed by atoms with Gasteiger partial charge in [-0.25, -0.2) is 9.97 Å². The zero-order valence-electron chi connectivity index (χ0n) is 9.64. The summed E-state index contributed by atoms with van der Waals surface area (Å²) < 4.78 is 5.55. The van der Waals surface area contributed by atoms with E-state index in [0.717, 1.165) is 5.56 Å². The van der Waals surface area contributed by atoms with Gasteiger partial charge in [-0.2, -0.15) is 0 Å².